The maximum atomic E-state index is 12.5. The Morgan fingerprint density at radius 2 is 1.73 bits per heavy atom. The highest BCUT2D eigenvalue weighted by atomic mass is 19.4. The maximum Gasteiger partial charge on any atom is 0.406 e. The van der Waals surface area contributed by atoms with Gasteiger partial charge in [0.15, 0.2) is 0 Å². The molecule has 2 amide bonds. The van der Waals surface area contributed by atoms with Crippen molar-refractivity contribution in [1.82, 2.24) is 15.1 Å². The van der Waals surface area contributed by atoms with E-state index in [-0.39, 0.29) is 24.4 Å². The van der Waals surface area contributed by atoms with Gasteiger partial charge in [0, 0.05) is 38.1 Å². The molecule has 2 aliphatic rings. The number of hydrogen-bond acceptors (Lipinski definition) is 3. The number of likely N-dealkylation sites (tertiary alicyclic amines) is 2. The first-order valence-corrected chi connectivity index (χ1v) is 9.24. The highest BCUT2D eigenvalue weighted by Crippen LogP contribution is 2.27. The van der Waals surface area contributed by atoms with Gasteiger partial charge in [-0.1, -0.05) is 13.8 Å². The Morgan fingerprint density at radius 1 is 1.15 bits per heavy atom. The second-order valence-electron chi connectivity index (χ2n) is 8.67. The van der Waals surface area contributed by atoms with E-state index in [0.717, 1.165) is 18.0 Å². The molecule has 3 atom stereocenters. The van der Waals surface area contributed by atoms with E-state index in [4.69, 9.17) is 0 Å². The largest absolute Gasteiger partial charge is 0.406 e. The van der Waals surface area contributed by atoms with Crippen LogP contribution in [-0.4, -0.2) is 66.1 Å². The summed E-state index contributed by atoms with van der Waals surface area (Å²) < 4.78 is 37.4. The van der Waals surface area contributed by atoms with E-state index in [1.165, 1.54) is 6.42 Å². The van der Waals surface area contributed by atoms with Gasteiger partial charge >= 0.3 is 6.18 Å². The van der Waals surface area contributed by atoms with Gasteiger partial charge in [-0.2, -0.15) is 13.2 Å². The molecule has 0 aliphatic carbocycles. The fraction of sp³-hybridized carbons (Fsp3) is 0.889. The average molecular weight is 377 g/mol. The molecule has 0 saturated carbocycles. The lowest BCUT2D eigenvalue weighted by Gasteiger charge is -2.45. The summed E-state index contributed by atoms with van der Waals surface area (Å²) in [4.78, 5) is 27.2. The number of alkyl halides is 3. The predicted octanol–water partition coefficient (Wildman–Crippen LogP) is 2.27. The number of carbonyl (C=O) groups is 2. The van der Waals surface area contributed by atoms with Gasteiger partial charge in [0.25, 0.3) is 0 Å². The molecule has 0 aromatic rings. The third-order valence-electron chi connectivity index (χ3n) is 5.38. The monoisotopic (exact) mass is 377 g/mol. The average Bonchev–Trinajstić information content (AvgIpc) is 2.83. The molecule has 1 N–H and O–H groups in total. The maximum absolute atomic E-state index is 12.5. The summed E-state index contributed by atoms with van der Waals surface area (Å²) in [6.07, 6.45) is -3.40. The van der Waals surface area contributed by atoms with Crippen molar-refractivity contribution in [2.75, 3.05) is 32.7 Å². The Kier molecular flexibility index (Phi) is 6.25. The lowest BCUT2D eigenvalue weighted by molar-refractivity contribution is -0.157. The third-order valence-corrected chi connectivity index (χ3v) is 5.38. The molecule has 150 valence electrons. The Morgan fingerprint density at radius 3 is 2.27 bits per heavy atom. The molecule has 2 rings (SSSR count). The molecule has 0 radical (unpaired) electrons. The minimum absolute atomic E-state index is 0.153. The van der Waals surface area contributed by atoms with Gasteiger partial charge in [-0.3, -0.25) is 14.5 Å². The lowest BCUT2D eigenvalue weighted by atomic mass is 9.88. The van der Waals surface area contributed by atoms with E-state index in [9.17, 15) is 22.8 Å². The summed E-state index contributed by atoms with van der Waals surface area (Å²) in [5.74, 6) is -0.469. The van der Waals surface area contributed by atoms with Crippen molar-refractivity contribution >= 4 is 11.8 Å². The Balaban J connectivity index is 1.87. The van der Waals surface area contributed by atoms with Gasteiger partial charge in [0.05, 0.1) is 5.92 Å². The van der Waals surface area contributed by atoms with E-state index in [2.05, 4.69) is 37.9 Å². The van der Waals surface area contributed by atoms with Crippen LogP contribution in [0.25, 0.3) is 0 Å². The van der Waals surface area contributed by atoms with E-state index >= 15 is 0 Å². The van der Waals surface area contributed by atoms with Crippen LogP contribution >= 0.6 is 0 Å². The molecule has 2 aliphatic heterocycles. The molecule has 2 fully saturated rings. The second-order valence-corrected chi connectivity index (χ2v) is 8.67. The Labute approximate surface area is 153 Å². The summed E-state index contributed by atoms with van der Waals surface area (Å²) in [5.41, 5.74) is -0.243. The molecule has 0 spiro atoms. The number of rotatable bonds is 5. The standard InChI is InChI=1S/C18H30F3N3O2/c1-12-5-13(2)8-24(7-12)17(3,4)10-22-16(26)14-6-15(25)23(9-14)11-18(19,20)21/h12-14H,5-11H2,1-4H3,(H,22,26). The second kappa shape index (κ2) is 7.74. The first-order valence-electron chi connectivity index (χ1n) is 9.24. The highest BCUT2D eigenvalue weighted by Gasteiger charge is 2.41. The number of piperidine rings is 1. The van der Waals surface area contributed by atoms with Crippen molar-refractivity contribution in [2.24, 2.45) is 17.8 Å². The fourth-order valence-corrected chi connectivity index (χ4v) is 4.03. The van der Waals surface area contributed by atoms with E-state index in [1.54, 1.807) is 0 Å². The van der Waals surface area contributed by atoms with Crippen LogP contribution in [0, 0.1) is 17.8 Å². The van der Waals surface area contributed by atoms with Crippen molar-refractivity contribution in [3.8, 4) is 0 Å². The molecule has 2 saturated heterocycles. The van der Waals surface area contributed by atoms with Gasteiger partial charge in [-0.15, -0.1) is 0 Å². The first kappa shape index (κ1) is 21.0. The zero-order valence-electron chi connectivity index (χ0n) is 16.0. The predicted molar refractivity (Wildman–Crippen MR) is 92.3 cm³/mol. The molecule has 0 aromatic heterocycles. The summed E-state index contributed by atoms with van der Waals surface area (Å²) in [6.45, 7) is 9.46. The third kappa shape index (κ3) is 5.59. The molecule has 2 heterocycles. The number of carbonyl (C=O) groups excluding carboxylic acids is 2. The zero-order valence-corrected chi connectivity index (χ0v) is 16.0. The highest BCUT2D eigenvalue weighted by molar-refractivity contribution is 5.89. The van der Waals surface area contributed by atoms with Crippen LogP contribution < -0.4 is 5.32 Å². The Bertz CT molecular complexity index is 526. The zero-order chi connectivity index (χ0) is 19.7. The van der Waals surface area contributed by atoms with Gasteiger partial charge in [0.1, 0.15) is 6.54 Å². The molecule has 5 nitrogen and oxygen atoms in total. The van der Waals surface area contributed by atoms with Crippen LogP contribution in [0.5, 0.6) is 0 Å². The molecular weight excluding hydrogens is 347 g/mol. The van der Waals surface area contributed by atoms with Crippen molar-refractivity contribution in [3.05, 3.63) is 0 Å². The minimum Gasteiger partial charge on any atom is -0.354 e. The van der Waals surface area contributed by atoms with Crippen LogP contribution in [0.3, 0.4) is 0 Å². The summed E-state index contributed by atoms with van der Waals surface area (Å²) in [5, 5.41) is 2.86. The Hall–Kier alpha value is -1.31. The summed E-state index contributed by atoms with van der Waals surface area (Å²) >= 11 is 0. The van der Waals surface area contributed by atoms with Crippen LogP contribution in [0.4, 0.5) is 13.2 Å². The smallest absolute Gasteiger partial charge is 0.354 e. The SMILES string of the molecule is CC1CC(C)CN(C(C)(C)CNC(=O)C2CC(=O)N(CC(F)(F)F)C2)C1. The van der Waals surface area contributed by atoms with Crippen LogP contribution in [0.2, 0.25) is 0 Å². The van der Waals surface area contributed by atoms with E-state index < -0.39 is 24.5 Å². The molecule has 0 bridgehead atoms. The number of nitrogens with one attached hydrogen (secondary N) is 1. The van der Waals surface area contributed by atoms with E-state index in [1.807, 2.05) is 0 Å². The van der Waals surface area contributed by atoms with E-state index in [0.29, 0.717) is 18.4 Å². The van der Waals surface area contributed by atoms with Crippen molar-refractivity contribution in [1.29, 1.82) is 0 Å². The van der Waals surface area contributed by atoms with Gasteiger partial charge in [-0.25, -0.2) is 0 Å². The minimum atomic E-state index is -4.44. The van der Waals surface area contributed by atoms with Gasteiger partial charge in [0.2, 0.25) is 11.8 Å². The topological polar surface area (TPSA) is 52.7 Å². The summed E-state index contributed by atoms with van der Waals surface area (Å²) in [7, 11) is 0. The normalized spacial score (nSPS) is 28.5. The number of amides is 2. The van der Waals surface area contributed by atoms with Crippen molar-refractivity contribution in [2.45, 2.75) is 52.3 Å². The number of halogens is 3. The molecule has 0 aromatic carbocycles. The lowest BCUT2D eigenvalue weighted by Crippen LogP contribution is -2.56. The molecule has 26 heavy (non-hydrogen) atoms. The van der Waals surface area contributed by atoms with Gasteiger partial charge in [-0.05, 0) is 32.1 Å². The van der Waals surface area contributed by atoms with Gasteiger partial charge < -0.3 is 10.2 Å². The molecular formula is C18H30F3N3O2. The summed E-state index contributed by atoms with van der Waals surface area (Å²) in [6, 6.07) is 0. The van der Waals surface area contributed by atoms with Crippen LogP contribution in [0.15, 0.2) is 0 Å². The molecule has 3 unspecified atom stereocenters. The van der Waals surface area contributed by atoms with Crippen LogP contribution in [-0.2, 0) is 9.59 Å². The van der Waals surface area contributed by atoms with Crippen molar-refractivity contribution in [3.63, 3.8) is 0 Å². The molecule has 8 heteroatoms. The quantitative estimate of drug-likeness (QED) is 0.800. The number of nitrogens with zero attached hydrogens (tertiary/aromatic N) is 2. The van der Waals surface area contributed by atoms with Crippen LogP contribution in [0.1, 0.15) is 40.5 Å². The number of hydrogen-bond donors (Lipinski definition) is 1. The van der Waals surface area contributed by atoms with Crippen molar-refractivity contribution < 1.29 is 22.8 Å². The fourth-order valence-electron chi connectivity index (χ4n) is 4.03. The first-order chi connectivity index (χ1) is 11.9.